The van der Waals surface area contributed by atoms with Gasteiger partial charge in [-0.15, -0.1) is 6.42 Å². The average Bonchev–Trinajstić information content (AvgIpc) is 3.09. The Morgan fingerprint density at radius 3 is 2.59 bits per heavy atom. The van der Waals surface area contributed by atoms with Gasteiger partial charge in [0.2, 0.25) is 0 Å². The van der Waals surface area contributed by atoms with Gasteiger partial charge in [0.25, 0.3) is 0 Å². The minimum absolute atomic E-state index is 0.0204. The summed E-state index contributed by atoms with van der Waals surface area (Å²) in [5, 5.41) is 4.25. The summed E-state index contributed by atoms with van der Waals surface area (Å²) in [6, 6.07) is 9.19. The number of nitrogens with two attached hydrogens (primary N) is 1. The molecule has 1 aromatic heterocycles. The molecule has 0 spiro atoms. The summed E-state index contributed by atoms with van der Waals surface area (Å²) in [5.41, 5.74) is 7.64. The fourth-order valence-corrected chi connectivity index (χ4v) is 2.61. The molecule has 0 aliphatic carbocycles. The van der Waals surface area contributed by atoms with Crippen molar-refractivity contribution in [1.29, 1.82) is 0 Å². The Morgan fingerprint density at radius 1 is 1.26 bits per heavy atom. The predicted octanol–water partition coefficient (Wildman–Crippen LogP) is 3.70. The molecule has 3 rings (SSSR count). The van der Waals surface area contributed by atoms with E-state index < -0.39 is 17.7 Å². The van der Waals surface area contributed by atoms with E-state index in [4.69, 9.17) is 16.9 Å². The molecule has 2 N–H and O–H groups in total. The van der Waals surface area contributed by atoms with Crippen molar-refractivity contribution in [3.63, 3.8) is 0 Å². The van der Waals surface area contributed by atoms with E-state index >= 15 is 0 Å². The van der Waals surface area contributed by atoms with Crippen LogP contribution in [0, 0.1) is 30.9 Å². The molecule has 27 heavy (non-hydrogen) atoms. The van der Waals surface area contributed by atoms with Crippen LogP contribution in [0.25, 0.3) is 16.9 Å². The third kappa shape index (κ3) is 3.80. The van der Waals surface area contributed by atoms with Crippen LogP contribution in [0.3, 0.4) is 0 Å². The van der Waals surface area contributed by atoms with Crippen molar-refractivity contribution < 1.29 is 18.3 Å². The standard InChI is InChI=1S/C20H15F2N3O2/c1-3-13-8-16(21)19(17(22)9-13)25-7-6-18(24-25)14-5-4-12(2)15(10-14)11-27-20(23)26/h1,4-10H,11H2,2H3,(H2,23,26). The Morgan fingerprint density at radius 2 is 1.96 bits per heavy atom. The third-order valence-electron chi connectivity index (χ3n) is 4.02. The number of nitrogens with zero attached hydrogens (tertiary/aromatic N) is 2. The monoisotopic (exact) mass is 367 g/mol. The van der Waals surface area contributed by atoms with Gasteiger partial charge in [0, 0.05) is 17.3 Å². The molecule has 3 aromatic rings. The van der Waals surface area contributed by atoms with Crippen LogP contribution in [-0.4, -0.2) is 15.9 Å². The van der Waals surface area contributed by atoms with E-state index in [2.05, 4.69) is 11.0 Å². The van der Waals surface area contributed by atoms with E-state index in [1.54, 1.807) is 12.1 Å². The van der Waals surface area contributed by atoms with E-state index in [1.807, 2.05) is 19.1 Å². The van der Waals surface area contributed by atoms with Gasteiger partial charge in [0.1, 0.15) is 12.3 Å². The average molecular weight is 367 g/mol. The molecule has 1 amide bonds. The smallest absolute Gasteiger partial charge is 0.404 e. The minimum Gasteiger partial charge on any atom is -0.445 e. The molecule has 1 heterocycles. The Labute approximate surface area is 154 Å². The van der Waals surface area contributed by atoms with Crippen LogP contribution in [0.4, 0.5) is 13.6 Å². The fourth-order valence-electron chi connectivity index (χ4n) is 2.61. The van der Waals surface area contributed by atoms with Gasteiger partial charge in [0.05, 0.1) is 5.69 Å². The Bertz CT molecular complexity index is 1040. The molecule has 0 unspecified atom stereocenters. The van der Waals surface area contributed by atoms with Crippen LogP contribution in [0.2, 0.25) is 0 Å². The number of rotatable bonds is 4. The molecule has 136 valence electrons. The van der Waals surface area contributed by atoms with Crippen molar-refractivity contribution in [2.24, 2.45) is 5.73 Å². The predicted molar refractivity (Wildman–Crippen MR) is 96.0 cm³/mol. The maximum atomic E-state index is 14.2. The van der Waals surface area contributed by atoms with Crippen molar-refractivity contribution in [2.75, 3.05) is 0 Å². The van der Waals surface area contributed by atoms with E-state index in [-0.39, 0.29) is 17.9 Å². The first kappa shape index (κ1) is 18.1. The lowest BCUT2D eigenvalue weighted by Gasteiger charge is -2.08. The molecule has 0 atom stereocenters. The Kier molecular flexibility index (Phi) is 4.90. The molecule has 0 saturated carbocycles. The van der Waals surface area contributed by atoms with Gasteiger partial charge in [0.15, 0.2) is 11.6 Å². The summed E-state index contributed by atoms with van der Waals surface area (Å²) in [5.74, 6) is 0.579. The number of ether oxygens (including phenoxy) is 1. The van der Waals surface area contributed by atoms with Gasteiger partial charge in [-0.3, -0.25) is 0 Å². The third-order valence-corrected chi connectivity index (χ3v) is 4.02. The Balaban J connectivity index is 1.96. The lowest BCUT2D eigenvalue weighted by Crippen LogP contribution is -2.13. The van der Waals surface area contributed by atoms with Crippen LogP contribution in [0.15, 0.2) is 42.6 Å². The molecule has 0 saturated heterocycles. The molecular formula is C20H15F2N3O2. The first-order valence-electron chi connectivity index (χ1n) is 7.93. The second kappa shape index (κ2) is 7.30. The Hall–Kier alpha value is -3.66. The molecule has 2 aromatic carbocycles. The first-order valence-corrected chi connectivity index (χ1v) is 7.93. The number of carbonyl (C=O) groups excluding carboxylic acids is 1. The zero-order valence-electron chi connectivity index (χ0n) is 14.4. The number of carbonyl (C=O) groups is 1. The molecule has 0 radical (unpaired) electrons. The van der Waals surface area contributed by atoms with Crippen LogP contribution < -0.4 is 5.73 Å². The number of aryl methyl sites for hydroxylation is 1. The zero-order valence-corrected chi connectivity index (χ0v) is 14.4. The SMILES string of the molecule is C#Cc1cc(F)c(-n2ccc(-c3ccc(C)c(COC(N)=O)c3)n2)c(F)c1. The molecular weight excluding hydrogens is 352 g/mol. The normalized spacial score (nSPS) is 10.4. The highest BCUT2D eigenvalue weighted by atomic mass is 19.1. The van der Waals surface area contributed by atoms with Crippen LogP contribution in [-0.2, 0) is 11.3 Å². The fraction of sp³-hybridized carbons (Fsp3) is 0.100. The maximum absolute atomic E-state index is 14.2. The highest BCUT2D eigenvalue weighted by molar-refractivity contribution is 5.65. The van der Waals surface area contributed by atoms with Gasteiger partial charge in [-0.2, -0.15) is 5.10 Å². The van der Waals surface area contributed by atoms with Crippen molar-refractivity contribution in [3.05, 3.63) is 70.9 Å². The van der Waals surface area contributed by atoms with E-state index in [1.165, 1.54) is 6.20 Å². The molecule has 0 aliphatic rings. The van der Waals surface area contributed by atoms with Crippen molar-refractivity contribution >= 4 is 6.09 Å². The van der Waals surface area contributed by atoms with Gasteiger partial charge in [-0.25, -0.2) is 18.3 Å². The quantitative estimate of drug-likeness (QED) is 0.715. The summed E-state index contributed by atoms with van der Waals surface area (Å²) in [4.78, 5) is 10.8. The van der Waals surface area contributed by atoms with Crippen molar-refractivity contribution in [1.82, 2.24) is 9.78 Å². The molecule has 5 nitrogen and oxygen atoms in total. The number of primary amides is 1. The molecule has 0 bridgehead atoms. The summed E-state index contributed by atoms with van der Waals surface area (Å²) in [6.07, 6.45) is 5.76. The minimum atomic E-state index is -0.870. The van der Waals surface area contributed by atoms with Gasteiger partial charge in [-0.05, 0) is 42.3 Å². The van der Waals surface area contributed by atoms with Crippen LogP contribution >= 0.6 is 0 Å². The topological polar surface area (TPSA) is 70.1 Å². The second-order valence-corrected chi connectivity index (χ2v) is 5.83. The summed E-state index contributed by atoms with van der Waals surface area (Å²) in [6.45, 7) is 1.88. The number of hydrogen-bond acceptors (Lipinski definition) is 3. The summed E-state index contributed by atoms with van der Waals surface area (Å²) in [7, 11) is 0. The van der Waals surface area contributed by atoms with Crippen LogP contribution in [0.1, 0.15) is 16.7 Å². The molecule has 7 heteroatoms. The number of benzene rings is 2. The number of terminal acetylenes is 1. The maximum Gasteiger partial charge on any atom is 0.404 e. The van der Waals surface area contributed by atoms with E-state index in [9.17, 15) is 13.6 Å². The van der Waals surface area contributed by atoms with Crippen LogP contribution in [0.5, 0.6) is 0 Å². The number of aromatic nitrogens is 2. The molecule has 0 aliphatic heterocycles. The number of hydrogen-bond donors (Lipinski definition) is 1. The highest BCUT2D eigenvalue weighted by Gasteiger charge is 2.15. The van der Waals surface area contributed by atoms with Crippen molar-refractivity contribution in [2.45, 2.75) is 13.5 Å². The van der Waals surface area contributed by atoms with Crippen molar-refractivity contribution in [3.8, 4) is 29.3 Å². The lowest BCUT2D eigenvalue weighted by atomic mass is 10.0. The molecule has 0 fully saturated rings. The lowest BCUT2D eigenvalue weighted by molar-refractivity contribution is 0.150. The largest absolute Gasteiger partial charge is 0.445 e. The second-order valence-electron chi connectivity index (χ2n) is 5.83. The number of halogens is 2. The zero-order chi connectivity index (χ0) is 19.6. The van der Waals surface area contributed by atoms with Gasteiger partial charge >= 0.3 is 6.09 Å². The van der Waals surface area contributed by atoms with Gasteiger partial charge < -0.3 is 10.5 Å². The van der Waals surface area contributed by atoms with E-state index in [0.717, 1.165) is 27.9 Å². The first-order chi connectivity index (χ1) is 12.9. The summed E-state index contributed by atoms with van der Waals surface area (Å²) < 4.78 is 34.4. The summed E-state index contributed by atoms with van der Waals surface area (Å²) >= 11 is 0. The van der Waals surface area contributed by atoms with Gasteiger partial charge in [-0.1, -0.05) is 18.1 Å². The number of amides is 1. The highest BCUT2D eigenvalue weighted by Crippen LogP contribution is 2.24. The van der Waals surface area contributed by atoms with E-state index in [0.29, 0.717) is 11.3 Å².